The molecule has 0 spiro atoms. The maximum absolute atomic E-state index is 12.1. The van der Waals surface area contributed by atoms with Gasteiger partial charge < -0.3 is 10.6 Å². The zero-order chi connectivity index (χ0) is 18.2. The summed E-state index contributed by atoms with van der Waals surface area (Å²) in [4.78, 5) is 12.1. The number of aryl methyl sites for hydroxylation is 2. The van der Waals surface area contributed by atoms with Gasteiger partial charge in [-0.3, -0.25) is 4.79 Å². The van der Waals surface area contributed by atoms with Crippen molar-refractivity contribution in [3.05, 3.63) is 95.6 Å². The lowest BCUT2D eigenvalue weighted by atomic mass is 10.1. The van der Waals surface area contributed by atoms with Gasteiger partial charge in [-0.2, -0.15) is 0 Å². The standard InChI is InChI=1S/C23H24N2O/c1-18-7-5-6-10-20(18)17-24-21-12-14-22(15-13-21)25-23(26)16-11-19-8-3-2-4-9-19/h2-10,12-15,24H,11,16-17H2,1H3,(H,25,26). The number of carbonyl (C=O) groups excluding carboxylic acids is 1. The topological polar surface area (TPSA) is 41.1 Å². The van der Waals surface area contributed by atoms with Crippen LogP contribution in [0.25, 0.3) is 0 Å². The summed E-state index contributed by atoms with van der Waals surface area (Å²) in [6.45, 7) is 2.90. The van der Waals surface area contributed by atoms with Crippen LogP contribution in [0.1, 0.15) is 23.1 Å². The molecule has 0 aliphatic rings. The molecule has 0 bridgehead atoms. The Bertz CT molecular complexity index is 842. The van der Waals surface area contributed by atoms with E-state index in [9.17, 15) is 4.79 Å². The van der Waals surface area contributed by atoms with Crippen molar-refractivity contribution < 1.29 is 4.79 Å². The summed E-state index contributed by atoms with van der Waals surface area (Å²) in [5, 5.41) is 6.37. The second kappa shape index (κ2) is 8.86. The molecular weight excluding hydrogens is 320 g/mol. The van der Waals surface area contributed by atoms with E-state index in [1.165, 1.54) is 16.7 Å². The lowest BCUT2D eigenvalue weighted by Crippen LogP contribution is -2.12. The Morgan fingerprint density at radius 1 is 0.808 bits per heavy atom. The third-order valence-corrected chi connectivity index (χ3v) is 4.40. The van der Waals surface area contributed by atoms with Gasteiger partial charge in [-0.05, 0) is 54.3 Å². The van der Waals surface area contributed by atoms with E-state index < -0.39 is 0 Å². The molecule has 1 amide bonds. The average Bonchev–Trinajstić information content (AvgIpc) is 2.68. The molecule has 0 aliphatic carbocycles. The number of hydrogen-bond donors (Lipinski definition) is 2. The first kappa shape index (κ1) is 17.7. The summed E-state index contributed by atoms with van der Waals surface area (Å²) < 4.78 is 0. The molecule has 0 aliphatic heterocycles. The molecule has 0 saturated carbocycles. The fourth-order valence-electron chi connectivity index (χ4n) is 2.80. The van der Waals surface area contributed by atoms with Crippen LogP contribution in [0.5, 0.6) is 0 Å². The lowest BCUT2D eigenvalue weighted by molar-refractivity contribution is -0.116. The van der Waals surface area contributed by atoms with Crippen molar-refractivity contribution in [3.8, 4) is 0 Å². The zero-order valence-electron chi connectivity index (χ0n) is 15.0. The highest BCUT2D eigenvalue weighted by Gasteiger charge is 2.04. The molecule has 2 N–H and O–H groups in total. The van der Waals surface area contributed by atoms with Crippen molar-refractivity contribution in [1.29, 1.82) is 0 Å². The lowest BCUT2D eigenvalue weighted by Gasteiger charge is -2.10. The number of hydrogen-bond acceptors (Lipinski definition) is 2. The van der Waals surface area contributed by atoms with Crippen LogP contribution < -0.4 is 10.6 Å². The predicted molar refractivity (Wildman–Crippen MR) is 108 cm³/mol. The highest BCUT2D eigenvalue weighted by atomic mass is 16.1. The van der Waals surface area contributed by atoms with Crippen molar-refractivity contribution in [2.45, 2.75) is 26.3 Å². The molecule has 3 aromatic rings. The minimum Gasteiger partial charge on any atom is -0.381 e. The van der Waals surface area contributed by atoms with Gasteiger partial charge in [0.05, 0.1) is 0 Å². The second-order valence-corrected chi connectivity index (χ2v) is 6.39. The second-order valence-electron chi connectivity index (χ2n) is 6.39. The fraction of sp³-hybridized carbons (Fsp3) is 0.174. The van der Waals surface area contributed by atoms with Crippen molar-refractivity contribution in [2.24, 2.45) is 0 Å². The molecule has 0 unspecified atom stereocenters. The summed E-state index contributed by atoms with van der Waals surface area (Å²) in [6, 6.07) is 26.3. The first-order valence-electron chi connectivity index (χ1n) is 8.93. The van der Waals surface area contributed by atoms with Gasteiger partial charge in [0.25, 0.3) is 0 Å². The smallest absolute Gasteiger partial charge is 0.224 e. The summed E-state index contributed by atoms with van der Waals surface area (Å²) in [5.74, 6) is 0.0365. The largest absolute Gasteiger partial charge is 0.381 e. The molecule has 0 saturated heterocycles. The van der Waals surface area contributed by atoms with Gasteiger partial charge in [-0.15, -0.1) is 0 Å². The van der Waals surface area contributed by atoms with Crippen molar-refractivity contribution in [3.63, 3.8) is 0 Å². The van der Waals surface area contributed by atoms with Crippen LogP contribution in [-0.4, -0.2) is 5.91 Å². The molecule has 3 rings (SSSR count). The molecule has 0 radical (unpaired) electrons. The van der Waals surface area contributed by atoms with Crippen molar-refractivity contribution in [1.82, 2.24) is 0 Å². The Hall–Kier alpha value is -3.07. The van der Waals surface area contributed by atoms with Crippen molar-refractivity contribution in [2.75, 3.05) is 10.6 Å². The minimum absolute atomic E-state index is 0.0365. The third-order valence-electron chi connectivity index (χ3n) is 4.40. The number of carbonyl (C=O) groups is 1. The third kappa shape index (κ3) is 5.21. The van der Waals surface area contributed by atoms with Crippen LogP contribution in [0.3, 0.4) is 0 Å². The normalized spacial score (nSPS) is 10.3. The molecule has 0 heterocycles. The molecule has 3 nitrogen and oxygen atoms in total. The highest BCUT2D eigenvalue weighted by molar-refractivity contribution is 5.91. The molecule has 3 heteroatoms. The summed E-state index contributed by atoms with van der Waals surface area (Å²) in [6.07, 6.45) is 1.24. The van der Waals surface area contributed by atoms with E-state index in [1.807, 2.05) is 60.7 Å². The Morgan fingerprint density at radius 3 is 2.19 bits per heavy atom. The molecular formula is C23H24N2O. The Morgan fingerprint density at radius 2 is 1.46 bits per heavy atom. The fourth-order valence-corrected chi connectivity index (χ4v) is 2.80. The first-order chi connectivity index (χ1) is 12.7. The van der Waals surface area contributed by atoms with Gasteiger partial charge in [-0.1, -0.05) is 54.6 Å². The van der Waals surface area contributed by atoms with E-state index in [0.717, 1.165) is 24.3 Å². The Kier molecular flexibility index (Phi) is 6.05. The van der Waals surface area contributed by atoms with E-state index in [2.05, 4.69) is 35.8 Å². The molecule has 26 heavy (non-hydrogen) atoms. The summed E-state index contributed by atoms with van der Waals surface area (Å²) >= 11 is 0. The van der Waals surface area contributed by atoms with E-state index in [-0.39, 0.29) is 5.91 Å². The molecule has 0 atom stereocenters. The van der Waals surface area contributed by atoms with Gasteiger partial charge in [0, 0.05) is 24.3 Å². The van der Waals surface area contributed by atoms with E-state index in [1.54, 1.807) is 0 Å². The maximum Gasteiger partial charge on any atom is 0.224 e. The van der Waals surface area contributed by atoms with Gasteiger partial charge in [0.2, 0.25) is 5.91 Å². The number of rotatable bonds is 7. The van der Waals surface area contributed by atoms with Gasteiger partial charge >= 0.3 is 0 Å². The SMILES string of the molecule is Cc1ccccc1CNc1ccc(NC(=O)CCc2ccccc2)cc1. The molecule has 132 valence electrons. The maximum atomic E-state index is 12.1. The Labute approximate surface area is 155 Å². The van der Waals surface area contributed by atoms with Crippen LogP contribution in [-0.2, 0) is 17.8 Å². The first-order valence-corrected chi connectivity index (χ1v) is 8.93. The number of anilines is 2. The van der Waals surface area contributed by atoms with Crippen LogP contribution >= 0.6 is 0 Å². The number of amides is 1. The van der Waals surface area contributed by atoms with Gasteiger partial charge in [0.15, 0.2) is 0 Å². The summed E-state index contributed by atoms with van der Waals surface area (Å²) in [5.41, 5.74) is 5.60. The minimum atomic E-state index is 0.0365. The number of nitrogens with one attached hydrogen (secondary N) is 2. The van der Waals surface area contributed by atoms with Crippen LogP contribution in [0.4, 0.5) is 11.4 Å². The molecule has 0 fully saturated rings. The van der Waals surface area contributed by atoms with Crippen molar-refractivity contribution >= 4 is 17.3 Å². The number of benzene rings is 3. The predicted octanol–water partition coefficient (Wildman–Crippen LogP) is 5.18. The van der Waals surface area contributed by atoms with Crippen LogP contribution in [0, 0.1) is 6.92 Å². The monoisotopic (exact) mass is 344 g/mol. The van der Waals surface area contributed by atoms with Crippen LogP contribution in [0.2, 0.25) is 0 Å². The van der Waals surface area contributed by atoms with Gasteiger partial charge in [-0.25, -0.2) is 0 Å². The van der Waals surface area contributed by atoms with Gasteiger partial charge in [0.1, 0.15) is 0 Å². The zero-order valence-corrected chi connectivity index (χ0v) is 15.0. The van der Waals surface area contributed by atoms with E-state index >= 15 is 0 Å². The molecule has 0 aromatic heterocycles. The Balaban J connectivity index is 1.48. The average molecular weight is 344 g/mol. The highest BCUT2D eigenvalue weighted by Crippen LogP contribution is 2.16. The molecule has 3 aromatic carbocycles. The quantitative estimate of drug-likeness (QED) is 0.620. The van der Waals surface area contributed by atoms with E-state index in [0.29, 0.717) is 6.42 Å². The van der Waals surface area contributed by atoms with E-state index in [4.69, 9.17) is 0 Å². The van der Waals surface area contributed by atoms with Crippen LogP contribution in [0.15, 0.2) is 78.9 Å². The summed E-state index contributed by atoms with van der Waals surface area (Å²) in [7, 11) is 0.